The van der Waals surface area contributed by atoms with Crippen LogP contribution in [0.5, 0.6) is 17.2 Å². The van der Waals surface area contributed by atoms with E-state index in [1.165, 1.54) is 48.6 Å². The van der Waals surface area contributed by atoms with Gasteiger partial charge in [-0.1, -0.05) is 0 Å². The lowest BCUT2D eigenvalue weighted by Crippen LogP contribution is -2.53. The van der Waals surface area contributed by atoms with E-state index in [0.29, 0.717) is 25.7 Å². The molecule has 1 aliphatic heterocycles. The molecule has 3 amide bonds. The van der Waals surface area contributed by atoms with E-state index in [-0.39, 0.29) is 66.0 Å². The quantitative estimate of drug-likeness (QED) is 0.0354. The third-order valence-corrected chi connectivity index (χ3v) is 10.1. The molecule has 0 bridgehead atoms. The zero-order chi connectivity index (χ0) is 45.5. The molecule has 0 saturated heterocycles. The monoisotopic (exact) mass is 877 g/mol. The predicted octanol–water partition coefficient (Wildman–Crippen LogP) is 6.11. The molecular weight excluding hydrogens is 838 g/mol. The number of hydrogen-bond donors (Lipinski definition) is 1. The molecule has 0 atom stereocenters. The molecule has 0 unspecified atom stereocenters. The smallest absolute Gasteiger partial charge is 0.434 e. The summed E-state index contributed by atoms with van der Waals surface area (Å²) in [5.74, 6) is -2.15. The van der Waals surface area contributed by atoms with Crippen molar-refractivity contribution in [1.82, 2.24) is 10.2 Å². The number of imide groups is 1. The Hall–Kier alpha value is -7.98. The Bertz CT molecular complexity index is 2020. The topological polar surface area (TPSA) is 302 Å². The second-order valence-corrected chi connectivity index (χ2v) is 14.2. The van der Waals surface area contributed by atoms with Gasteiger partial charge in [-0.25, -0.2) is 14.4 Å². The average Bonchev–Trinajstić information content (AvgIpc) is 3.56. The van der Waals surface area contributed by atoms with Crippen molar-refractivity contribution < 1.29 is 72.0 Å². The molecule has 2 aliphatic rings. The maximum absolute atomic E-state index is 14.0. The summed E-state index contributed by atoms with van der Waals surface area (Å²) in [6.07, 6.45) is -0.115. The first-order valence-corrected chi connectivity index (χ1v) is 19.2. The van der Waals surface area contributed by atoms with Crippen LogP contribution in [0.3, 0.4) is 0 Å². The van der Waals surface area contributed by atoms with Crippen LogP contribution in [0.4, 0.5) is 31.4 Å². The number of hydrogen-bond acceptors (Lipinski definition) is 18. The highest BCUT2D eigenvalue weighted by Crippen LogP contribution is 2.32. The van der Waals surface area contributed by atoms with E-state index in [9.17, 15) is 59.1 Å². The minimum atomic E-state index is -1.47. The van der Waals surface area contributed by atoms with Gasteiger partial charge in [0.2, 0.25) is 5.91 Å². The average molecular weight is 878 g/mol. The van der Waals surface area contributed by atoms with Crippen LogP contribution in [-0.2, 0) is 28.6 Å². The maximum Gasteiger partial charge on any atom is 0.513 e. The van der Waals surface area contributed by atoms with Gasteiger partial charge in [0.15, 0.2) is 0 Å². The zero-order valence-corrected chi connectivity index (χ0v) is 33.2. The number of nitro groups is 3. The highest BCUT2D eigenvalue weighted by Gasteiger charge is 2.37. The summed E-state index contributed by atoms with van der Waals surface area (Å²) < 4.78 is 31.3. The fourth-order valence-electron chi connectivity index (χ4n) is 6.68. The summed E-state index contributed by atoms with van der Waals surface area (Å²) in [4.78, 5) is 109. The number of rotatable bonds is 19. The Balaban J connectivity index is 1.29. The Labute approximate surface area is 356 Å². The van der Waals surface area contributed by atoms with Gasteiger partial charge in [0.05, 0.1) is 34.6 Å². The Kier molecular flexibility index (Phi) is 15.7. The van der Waals surface area contributed by atoms with Crippen molar-refractivity contribution in [2.45, 2.75) is 50.5 Å². The van der Waals surface area contributed by atoms with E-state index >= 15 is 0 Å². The van der Waals surface area contributed by atoms with Crippen molar-refractivity contribution in [1.29, 1.82) is 0 Å². The fraction of sp³-hybridized carbons (Fsp3) is 0.350. The Morgan fingerprint density at radius 3 is 1.22 bits per heavy atom. The first-order chi connectivity index (χ1) is 30.1. The van der Waals surface area contributed by atoms with Gasteiger partial charge in [-0.3, -0.25) is 49.6 Å². The summed E-state index contributed by atoms with van der Waals surface area (Å²) in [6.45, 7) is -1.13. The van der Waals surface area contributed by atoms with Crippen molar-refractivity contribution >= 4 is 53.2 Å². The van der Waals surface area contributed by atoms with E-state index in [0.717, 1.165) is 41.3 Å². The molecule has 332 valence electrons. The Morgan fingerprint density at radius 1 is 0.571 bits per heavy atom. The largest absolute Gasteiger partial charge is 0.513 e. The molecule has 5 rings (SSSR count). The number of nitro benzene ring substituents is 3. The third kappa shape index (κ3) is 13.8. The van der Waals surface area contributed by atoms with Crippen LogP contribution >= 0.6 is 0 Å². The zero-order valence-electron chi connectivity index (χ0n) is 33.2. The van der Waals surface area contributed by atoms with Crippen LogP contribution in [0.2, 0.25) is 0 Å². The van der Waals surface area contributed by atoms with E-state index in [1.807, 2.05) is 0 Å². The van der Waals surface area contributed by atoms with Crippen LogP contribution in [0.25, 0.3) is 0 Å². The van der Waals surface area contributed by atoms with Gasteiger partial charge >= 0.3 is 18.5 Å². The summed E-state index contributed by atoms with van der Waals surface area (Å²) >= 11 is 0. The lowest BCUT2D eigenvalue weighted by atomic mass is 9.80. The van der Waals surface area contributed by atoms with Gasteiger partial charge in [-0.05, 0) is 68.0 Å². The summed E-state index contributed by atoms with van der Waals surface area (Å²) in [6, 6.07) is 13.7. The van der Waals surface area contributed by atoms with Crippen molar-refractivity contribution in [2.24, 2.45) is 11.8 Å². The van der Waals surface area contributed by atoms with Gasteiger partial charge in [-0.2, -0.15) is 0 Å². The minimum absolute atomic E-state index is 0.0629. The highest BCUT2D eigenvalue weighted by atomic mass is 16.7. The van der Waals surface area contributed by atoms with Gasteiger partial charge < -0.3 is 33.7 Å². The number of carbonyl (C=O) groups is 6. The number of amides is 3. The van der Waals surface area contributed by atoms with Crippen LogP contribution in [0.15, 0.2) is 84.9 Å². The number of nitrogens with zero attached hydrogens (tertiary/aromatic N) is 4. The molecule has 1 saturated carbocycles. The predicted molar refractivity (Wildman–Crippen MR) is 211 cm³/mol. The molecule has 1 fully saturated rings. The first-order valence-electron chi connectivity index (χ1n) is 19.2. The number of ether oxygens (including phenoxy) is 6. The molecule has 3 aromatic carbocycles. The van der Waals surface area contributed by atoms with Gasteiger partial charge in [0, 0.05) is 85.8 Å². The van der Waals surface area contributed by atoms with Crippen LogP contribution < -0.4 is 19.5 Å². The fourth-order valence-corrected chi connectivity index (χ4v) is 6.68. The molecule has 0 spiro atoms. The van der Waals surface area contributed by atoms with Gasteiger partial charge in [0.1, 0.15) is 17.2 Å². The highest BCUT2D eigenvalue weighted by molar-refractivity contribution is 6.12. The normalized spacial score (nSPS) is 15.8. The first kappa shape index (κ1) is 46.1. The van der Waals surface area contributed by atoms with Crippen molar-refractivity contribution in [3.8, 4) is 17.2 Å². The molecule has 23 heteroatoms. The molecule has 0 aromatic heterocycles. The minimum Gasteiger partial charge on any atom is -0.434 e. The van der Waals surface area contributed by atoms with Crippen LogP contribution in [0, 0.1) is 42.2 Å². The molecule has 23 nitrogen and oxygen atoms in total. The van der Waals surface area contributed by atoms with Crippen molar-refractivity contribution in [3.05, 3.63) is 115 Å². The van der Waals surface area contributed by atoms with Gasteiger partial charge in [0.25, 0.3) is 28.9 Å². The maximum atomic E-state index is 14.0. The molecule has 1 heterocycles. The molecule has 3 aromatic rings. The van der Waals surface area contributed by atoms with E-state index < -0.39 is 82.2 Å². The lowest BCUT2D eigenvalue weighted by Gasteiger charge is -2.37. The number of non-ortho nitro benzene ring substituents is 3. The van der Waals surface area contributed by atoms with E-state index in [2.05, 4.69) is 5.32 Å². The summed E-state index contributed by atoms with van der Waals surface area (Å²) in [7, 11) is 0. The number of carbonyl (C=O) groups excluding carboxylic acids is 6. The van der Waals surface area contributed by atoms with Crippen LogP contribution in [-0.4, -0.2) is 87.8 Å². The van der Waals surface area contributed by atoms with Crippen LogP contribution in [0.1, 0.15) is 44.9 Å². The standard InChI is InChI=1S/C40H39N5O18/c46-34-17-18-35(47)42(34)25-26-1-3-27(4-2-26)36(48)41-40(19-22-58-37(49)61-31-11-5-28(6-12-31)43(52)53,20-23-59-38(50)62-32-13-7-29(8-14-32)44(54)55)21-24-60-39(51)63-33-15-9-30(10-16-33)45(56)57/h5-18,26-27H,1-4,19-25H2,(H,41,48). The summed E-state index contributed by atoms with van der Waals surface area (Å²) in [5, 5.41) is 36.0. The SMILES string of the molecule is O=C(OCCC(CCOC(=O)Oc1ccc([N+](=O)[O-])cc1)(CCOC(=O)Oc1ccc([N+](=O)[O-])cc1)NC(=O)C1CCC(CN2C(=O)C=CC2=O)CC1)Oc1ccc([N+](=O)[O-])cc1. The third-order valence-electron chi connectivity index (χ3n) is 10.1. The molecular formula is C40H39N5O18. The number of benzene rings is 3. The second kappa shape index (κ2) is 21.5. The molecule has 1 aliphatic carbocycles. The van der Waals surface area contributed by atoms with Crippen molar-refractivity contribution in [2.75, 3.05) is 26.4 Å². The molecule has 0 radical (unpaired) electrons. The van der Waals surface area contributed by atoms with Crippen molar-refractivity contribution in [3.63, 3.8) is 0 Å². The Morgan fingerprint density at radius 2 is 0.905 bits per heavy atom. The van der Waals surface area contributed by atoms with E-state index in [4.69, 9.17) is 28.4 Å². The lowest BCUT2D eigenvalue weighted by molar-refractivity contribution is -0.385. The second-order valence-electron chi connectivity index (χ2n) is 14.2. The van der Waals surface area contributed by atoms with E-state index in [1.54, 1.807) is 0 Å². The number of nitrogens with one attached hydrogen (secondary N) is 1. The van der Waals surface area contributed by atoms with Gasteiger partial charge in [-0.15, -0.1) is 0 Å². The molecule has 63 heavy (non-hydrogen) atoms. The summed E-state index contributed by atoms with van der Waals surface area (Å²) in [5.41, 5.74) is -2.23. The molecule has 1 N–H and O–H groups in total.